The van der Waals surface area contributed by atoms with Gasteiger partial charge in [-0.15, -0.1) is 26.2 Å². The molecule has 0 fully saturated rings. The standard InChI is InChI=1S/C7H9P.BrH/c1-6-4-2-3-5-7(6)8;/h2-5H,8H2,1H3;1H. The summed E-state index contributed by atoms with van der Waals surface area (Å²) in [4.78, 5) is 0. The predicted octanol–water partition coefficient (Wildman–Crippen LogP) is 2.07. The van der Waals surface area contributed by atoms with Gasteiger partial charge in [-0.05, 0) is 17.8 Å². The first-order chi connectivity index (χ1) is 3.80. The Morgan fingerprint density at radius 2 is 1.78 bits per heavy atom. The molecule has 0 nitrogen and oxygen atoms in total. The predicted molar refractivity (Wildman–Crippen MR) is 50.8 cm³/mol. The molecular formula is C7H10BrP. The zero-order valence-electron chi connectivity index (χ0n) is 5.29. The lowest BCUT2D eigenvalue weighted by Crippen LogP contribution is -1.92. The van der Waals surface area contributed by atoms with Crippen molar-refractivity contribution in [3.63, 3.8) is 0 Å². The van der Waals surface area contributed by atoms with E-state index in [2.05, 4.69) is 28.3 Å². The zero-order chi connectivity index (χ0) is 5.98. The third-order valence-electron chi connectivity index (χ3n) is 1.19. The van der Waals surface area contributed by atoms with Crippen LogP contribution in [0.2, 0.25) is 0 Å². The molecule has 1 aromatic carbocycles. The van der Waals surface area contributed by atoms with Crippen molar-refractivity contribution in [1.82, 2.24) is 0 Å². The molecule has 1 aromatic rings. The van der Waals surface area contributed by atoms with E-state index < -0.39 is 0 Å². The van der Waals surface area contributed by atoms with E-state index in [9.17, 15) is 0 Å². The first-order valence-electron chi connectivity index (χ1n) is 2.62. The highest BCUT2D eigenvalue weighted by Crippen LogP contribution is 1.96. The van der Waals surface area contributed by atoms with Gasteiger partial charge in [0.2, 0.25) is 0 Å². The van der Waals surface area contributed by atoms with E-state index in [1.54, 1.807) is 0 Å². The summed E-state index contributed by atoms with van der Waals surface area (Å²) in [5.41, 5.74) is 1.33. The van der Waals surface area contributed by atoms with Gasteiger partial charge in [-0.3, -0.25) is 0 Å². The van der Waals surface area contributed by atoms with Crippen LogP contribution in [0.4, 0.5) is 0 Å². The third-order valence-corrected chi connectivity index (χ3v) is 1.84. The Kier molecular flexibility index (Phi) is 4.09. The zero-order valence-corrected chi connectivity index (χ0v) is 8.16. The van der Waals surface area contributed by atoms with Crippen LogP contribution in [0.5, 0.6) is 0 Å². The number of hydrogen-bond acceptors (Lipinski definition) is 0. The fourth-order valence-electron chi connectivity index (χ4n) is 0.587. The molecule has 0 bridgehead atoms. The molecule has 1 rings (SSSR count). The van der Waals surface area contributed by atoms with Crippen molar-refractivity contribution in [2.45, 2.75) is 6.92 Å². The molecule has 0 radical (unpaired) electrons. The maximum Gasteiger partial charge on any atom is -0.0274 e. The van der Waals surface area contributed by atoms with E-state index in [0.29, 0.717) is 0 Å². The van der Waals surface area contributed by atoms with Crippen LogP contribution in [0.25, 0.3) is 0 Å². The smallest absolute Gasteiger partial charge is 0.0274 e. The molecule has 0 heterocycles. The van der Waals surface area contributed by atoms with Gasteiger partial charge in [-0.2, -0.15) is 0 Å². The van der Waals surface area contributed by atoms with Crippen molar-refractivity contribution in [2.75, 3.05) is 0 Å². The van der Waals surface area contributed by atoms with E-state index in [-0.39, 0.29) is 17.0 Å². The first kappa shape index (κ1) is 9.13. The summed E-state index contributed by atoms with van der Waals surface area (Å²) in [6, 6.07) is 8.26. The maximum atomic E-state index is 2.69. The number of halogens is 1. The molecule has 0 aliphatic rings. The third kappa shape index (κ3) is 2.47. The molecule has 1 atom stereocenters. The van der Waals surface area contributed by atoms with Gasteiger partial charge in [0, 0.05) is 0 Å². The summed E-state index contributed by atoms with van der Waals surface area (Å²) >= 11 is 0. The van der Waals surface area contributed by atoms with Crippen LogP contribution in [-0.4, -0.2) is 0 Å². The van der Waals surface area contributed by atoms with Crippen LogP contribution in [-0.2, 0) is 0 Å². The second-order valence-electron chi connectivity index (χ2n) is 1.86. The molecule has 1 unspecified atom stereocenters. The van der Waals surface area contributed by atoms with Gasteiger partial charge in [0.05, 0.1) is 0 Å². The molecular weight excluding hydrogens is 195 g/mol. The number of rotatable bonds is 0. The largest absolute Gasteiger partial charge is 0.114 e. The minimum Gasteiger partial charge on any atom is -0.114 e. The lowest BCUT2D eigenvalue weighted by molar-refractivity contribution is 1.52. The Morgan fingerprint density at radius 1 is 1.22 bits per heavy atom. The minimum atomic E-state index is 0. The Bertz CT molecular complexity index is 165. The van der Waals surface area contributed by atoms with Crippen molar-refractivity contribution in [3.05, 3.63) is 29.8 Å². The van der Waals surface area contributed by atoms with Crippen LogP contribution in [0.3, 0.4) is 0 Å². The van der Waals surface area contributed by atoms with Crippen LogP contribution in [0.1, 0.15) is 5.56 Å². The lowest BCUT2D eigenvalue weighted by Gasteiger charge is -1.93. The number of aryl methyl sites for hydroxylation is 1. The van der Waals surface area contributed by atoms with Crippen LogP contribution >= 0.6 is 26.2 Å². The summed E-state index contributed by atoms with van der Waals surface area (Å²) in [5.74, 6) is 0. The Morgan fingerprint density at radius 3 is 2.11 bits per heavy atom. The van der Waals surface area contributed by atoms with Gasteiger partial charge in [-0.1, -0.05) is 24.3 Å². The van der Waals surface area contributed by atoms with Crippen molar-refractivity contribution in [1.29, 1.82) is 0 Å². The summed E-state index contributed by atoms with van der Waals surface area (Å²) in [5, 5.41) is 1.28. The Balaban J connectivity index is 0.000000640. The first-order valence-corrected chi connectivity index (χ1v) is 3.19. The minimum absolute atomic E-state index is 0. The average molecular weight is 205 g/mol. The van der Waals surface area contributed by atoms with Crippen molar-refractivity contribution >= 4 is 31.5 Å². The summed E-state index contributed by atoms with van der Waals surface area (Å²) in [7, 11) is 2.69. The number of hydrogen-bond donors (Lipinski definition) is 0. The van der Waals surface area contributed by atoms with E-state index in [0.717, 1.165) is 0 Å². The Labute approximate surface area is 68.6 Å². The normalized spacial score (nSPS) is 8.22. The summed E-state index contributed by atoms with van der Waals surface area (Å²) in [6.07, 6.45) is 0. The molecule has 50 valence electrons. The van der Waals surface area contributed by atoms with E-state index in [1.165, 1.54) is 10.9 Å². The molecule has 0 amide bonds. The highest BCUT2D eigenvalue weighted by atomic mass is 79.9. The van der Waals surface area contributed by atoms with Crippen molar-refractivity contribution in [2.24, 2.45) is 0 Å². The van der Waals surface area contributed by atoms with Crippen molar-refractivity contribution in [3.8, 4) is 0 Å². The van der Waals surface area contributed by atoms with Gasteiger partial charge in [0.1, 0.15) is 0 Å². The molecule has 0 spiro atoms. The highest BCUT2D eigenvalue weighted by Gasteiger charge is 1.84. The van der Waals surface area contributed by atoms with Crippen LogP contribution in [0.15, 0.2) is 24.3 Å². The van der Waals surface area contributed by atoms with Crippen molar-refractivity contribution < 1.29 is 0 Å². The van der Waals surface area contributed by atoms with E-state index in [4.69, 9.17) is 0 Å². The monoisotopic (exact) mass is 204 g/mol. The second kappa shape index (κ2) is 4.03. The van der Waals surface area contributed by atoms with E-state index >= 15 is 0 Å². The SMILES string of the molecule is Br.Cc1ccccc1P. The number of benzene rings is 1. The van der Waals surface area contributed by atoms with Gasteiger partial charge in [0.15, 0.2) is 0 Å². The molecule has 0 aliphatic carbocycles. The molecule has 0 aliphatic heterocycles. The Hall–Kier alpha value is 0.130. The van der Waals surface area contributed by atoms with Gasteiger partial charge >= 0.3 is 0 Å². The van der Waals surface area contributed by atoms with Gasteiger partial charge in [-0.25, -0.2) is 0 Å². The second-order valence-corrected chi connectivity index (χ2v) is 2.48. The average Bonchev–Trinajstić information content (AvgIpc) is 1.77. The summed E-state index contributed by atoms with van der Waals surface area (Å²) < 4.78 is 0. The molecule has 0 saturated carbocycles. The molecule has 0 N–H and O–H groups in total. The molecule has 9 heavy (non-hydrogen) atoms. The van der Waals surface area contributed by atoms with Gasteiger partial charge in [0.25, 0.3) is 0 Å². The highest BCUT2D eigenvalue weighted by molar-refractivity contribution is 8.93. The summed E-state index contributed by atoms with van der Waals surface area (Å²) in [6.45, 7) is 2.10. The lowest BCUT2D eigenvalue weighted by atomic mass is 10.2. The quantitative estimate of drug-likeness (QED) is 0.568. The molecule has 0 saturated heterocycles. The topological polar surface area (TPSA) is 0 Å². The molecule has 2 heteroatoms. The fraction of sp³-hybridized carbons (Fsp3) is 0.143. The fourth-order valence-corrected chi connectivity index (χ4v) is 0.794. The van der Waals surface area contributed by atoms with Crippen LogP contribution < -0.4 is 5.30 Å². The maximum absolute atomic E-state index is 2.69. The molecule has 0 aromatic heterocycles. The van der Waals surface area contributed by atoms with E-state index in [1.807, 2.05) is 12.1 Å². The van der Waals surface area contributed by atoms with Gasteiger partial charge < -0.3 is 0 Å². The van der Waals surface area contributed by atoms with Crippen LogP contribution in [0, 0.1) is 6.92 Å².